The molecule has 1 aliphatic carbocycles. The Morgan fingerprint density at radius 1 is 0.903 bits per heavy atom. The average Bonchev–Trinajstić information content (AvgIpc) is 2.78. The number of amides is 1. The van der Waals surface area contributed by atoms with E-state index < -0.39 is 0 Å². The van der Waals surface area contributed by atoms with Crippen LogP contribution in [-0.2, 0) is 14.3 Å². The van der Waals surface area contributed by atoms with Crippen molar-refractivity contribution >= 4 is 11.7 Å². The third-order valence-corrected chi connectivity index (χ3v) is 5.36. The summed E-state index contributed by atoms with van der Waals surface area (Å²) in [4.78, 5) is 23.2. The Kier molecular flexibility index (Phi) is 14.9. The van der Waals surface area contributed by atoms with Gasteiger partial charge in [0.2, 0.25) is 0 Å². The van der Waals surface area contributed by atoms with Crippen molar-refractivity contribution in [2.45, 2.75) is 66.2 Å². The lowest BCUT2D eigenvalue weighted by Gasteiger charge is -2.21. The standard InChI is InChI=1S/C16H25NO3.C10H18O/c1-14(2)8-10-19-12-13-20-11-9-17-16(18)15-6-4-3-5-7-15;1-8(2)10(11)9-6-4-3-5-7-9/h3-7,14H,8-13H2,1-2H3,(H,17,18);8-9H,3-7H2,1-2H3. The van der Waals surface area contributed by atoms with E-state index in [2.05, 4.69) is 19.2 Å². The van der Waals surface area contributed by atoms with E-state index >= 15 is 0 Å². The first-order chi connectivity index (χ1) is 14.9. The summed E-state index contributed by atoms with van der Waals surface area (Å²) in [6.07, 6.45) is 7.25. The monoisotopic (exact) mass is 433 g/mol. The van der Waals surface area contributed by atoms with Crippen LogP contribution in [0.5, 0.6) is 0 Å². The molecule has 1 aromatic carbocycles. The Morgan fingerprint density at radius 3 is 2.10 bits per heavy atom. The van der Waals surface area contributed by atoms with E-state index in [0.29, 0.717) is 49.5 Å². The summed E-state index contributed by atoms with van der Waals surface area (Å²) in [5, 5.41) is 2.81. The molecule has 0 heterocycles. The molecule has 5 nitrogen and oxygen atoms in total. The minimum absolute atomic E-state index is 0.0672. The molecule has 0 bridgehead atoms. The lowest BCUT2D eigenvalue weighted by Crippen LogP contribution is -2.27. The van der Waals surface area contributed by atoms with E-state index in [9.17, 15) is 9.59 Å². The molecule has 0 spiro atoms. The topological polar surface area (TPSA) is 64.6 Å². The Hall–Kier alpha value is -1.72. The molecule has 0 unspecified atom stereocenters. The SMILES string of the molecule is CC(C)C(=O)C1CCCCC1.CC(C)CCOCCOCCNC(=O)c1ccccc1. The summed E-state index contributed by atoms with van der Waals surface area (Å²) in [6.45, 7) is 11.4. The van der Waals surface area contributed by atoms with Crippen LogP contribution in [0.4, 0.5) is 0 Å². The maximum atomic E-state index is 11.7. The molecule has 0 aliphatic heterocycles. The van der Waals surface area contributed by atoms with Gasteiger partial charge in [-0.1, -0.05) is 65.2 Å². The molecule has 5 heteroatoms. The number of ketones is 1. The number of rotatable bonds is 12. The Morgan fingerprint density at radius 2 is 1.52 bits per heavy atom. The van der Waals surface area contributed by atoms with Gasteiger partial charge >= 0.3 is 0 Å². The van der Waals surface area contributed by atoms with Crippen molar-refractivity contribution < 1.29 is 19.1 Å². The van der Waals surface area contributed by atoms with Crippen molar-refractivity contribution in [2.75, 3.05) is 33.0 Å². The third kappa shape index (κ3) is 13.3. The van der Waals surface area contributed by atoms with Crippen LogP contribution in [0, 0.1) is 17.8 Å². The highest BCUT2D eigenvalue weighted by Crippen LogP contribution is 2.26. The van der Waals surface area contributed by atoms with Crippen molar-refractivity contribution in [1.29, 1.82) is 0 Å². The lowest BCUT2D eigenvalue weighted by molar-refractivity contribution is -0.126. The molecule has 1 saturated carbocycles. The minimum Gasteiger partial charge on any atom is -0.379 e. The van der Waals surface area contributed by atoms with Crippen LogP contribution in [-0.4, -0.2) is 44.7 Å². The van der Waals surface area contributed by atoms with Gasteiger partial charge < -0.3 is 14.8 Å². The summed E-state index contributed by atoms with van der Waals surface area (Å²) in [7, 11) is 0. The number of Topliss-reactive ketones (excluding diaryl/α,β-unsaturated/α-hetero) is 1. The summed E-state index contributed by atoms with van der Waals surface area (Å²) < 4.78 is 10.8. The van der Waals surface area contributed by atoms with E-state index in [1.165, 1.54) is 19.3 Å². The second-order valence-corrected chi connectivity index (χ2v) is 8.92. The molecule has 1 N–H and O–H groups in total. The molecule has 0 aromatic heterocycles. The molecule has 1 aromatic rings. The summed E-state index contributed by atoms with van der Waals surface area (Å²) in [6, 6.07) is 9.16. The predicted octanol–water partition coefficient (Wildman–Crippen LogP) is 5.29. The second kappa shape index (κ2) is 16.9. The highest BCUT2D eigenvalue weighted by molar-refractivity contribution is 5.94. The number of benzene rings is 1. The van der Waals surface area contributed by atoms with Crippen LogP contribution in [0.25, 0.3) is 0 Å². The molecular formula is C26H43NO4. The maximum absolute atomic E-state index is 11.7. The van der Waals surface area contributed by atoms with Gasteiger partial charge in [-0.3, -0.25) is 9.59 Å². The quantitative estimate of drug-likeness (QED) is 0.455. The summed E-state index contributed by atoms with van der Waals surface area (Å²) in [5.74, 6) is 1.75. The van der Waals surface area contributed by atoms with Gasteiger partial charge in [-0.2, -0.15) is 0 Å². The fourth-order valence-electron chi connectivity index (χ4n) is 3.43. The van der Waals surface area contributed by atoms with Gasteiger partial charge in [-0.05, 0) is 37.3 Å². The van der Waals surface area contributed by atoms with E-state index in [4.69, 9.17) is 9.47 Å². The molecule has 1 aliphatic rings. The van der Waals surface area contributed by atoms with Gasteiger partial charge in [0.05, 0.1) is 19.8 Å². The van der Waals surface area contributed by atoms with Crippen LogP contribution in [0.2, 0.25) is 0 Å². The number of carbonyl (C=O) groups excluding carboxylic acids is 2. The number of nitrogens with one attached hydrogen (secondary N) is 1. The van der Waals surface area contributed by atoms with Gasteiger partial charge in [0, 0.05) is 30.6 Å². The third-order valence-electron chi connectivity index (χ3n) is 5.36. The van der Waals surface area contributed by atoms with Crippen molar-refractivity contribution in [3.05, 3.63) is 35.9 Å². The van der Waals surface area contributed by atoms with Crippen LogP contribution in [0.15, 0.2) is 30.3 Å². The average molecular weight is 434 g/mol. The minimum atomic E-state index is -0.0672. The van der Waals surface area contributed by atoms with Crippen molar-refractivity contribution in [1.82, 2.24) is 5.32 Å². The largest absolute Gasteiger partial charge is 0.379 e. The second-order valence-electron chi connectivity index (χ2n) is 8.92. The highest BCUT2D eigenvalue weighted by atomic mass is 16.5. The summed E-state index contributed by atoms with van der Waals surface area (Å²) in [5.41, 5.74) is 0.671. The zero-order valence-corrected chi connectivity index (χ0v) is 20.0. The van der Waals surface area contributed by atoms with Gasteiger partial charge in [-0.15, -0.1) is 0 Å². The number of hydrogen-bond acceptors (Lipinski definition) is 4. The van der Waals surface area contributed by atoms with E-state index in [0.717, 1.165) is 25.9 Å². The Bertz CT molecular complexity index is 595. The van der Waals surface area contributed by atoms with Gasteiger partial charge in [-0.25, -0.2) is 0 Å². The van der Waals surface area contributed by atoms with Crippen molar-refractivity contribution in [3.63, 3.8) is 0 Å². The zero-order valence-electron chi connectivity index (χ0n) is 20.0. The lowest BCUT2D eigenvalue weighted by atomic mass is 9.83. The smallest absolute Gasteiger partial charge is 0.251 e. The number of hydrogen-bond donors (Lipinski definition) is 1. The van der Waals surface area contributed by atoms with Gasteiger partial charge in [0.1, 0.15) is 5.78 Å². The molecule has 0 radical (unpaired) electrons. The van der Waals surface area contributed by atoms with Gasteiger partial charge in [0.25, 0.3) is 5.91 Å². The molecule has 31 heavy (non-hydrogen) atoms. The van der Waals surface area contributed by atoms with E-state index in [-0.39, 0.29) is 11.8 Å². The van der Waals surface area contributed by atoms with E-state index in [1.807, 2.05) is 32.0 Å². The number of carbonyl (C=O) groups is 2. The fraction of sp³-hybridized carbons (Fsp3) is 0.692. The van der Waals surface area contributed by atoms with Crippen molar-refractivity contribution in [2.24, 2.45) is 17.8 Å². The normalized spacial score (nSPS) is 14.3. The summed E-state index contributed by atoms with van der Waals surface area (Å²) >= 11 is 0. The van der Waals surface area contributed by atoms with Gasteiger partial charge in [0.15, 0.2) is 0 Å². The zero-order chi connectivity index (χ0) is 22.9. The van der Waals surface area contributed by atoms with Crippen LogP contribution in [0.3, 0.4) is 0 Å². The first kappa shape index (κ1) is 27.3. The molecular weight excluding hydrogens is 390 g/mol. The molecule has 1 fully saturated rings. The molecule has 1 amide bonds. The Labute approximate surface area is 189 Å². The molecule has 176 valence electrons. The molecule has 2 rings (SSSR count). The predicted molar refractivity (Wildman–Crippen MR) is 126 cm³/mol. The van der Waals surface area contributed by atoms with Crippen LogP contribution < -0.4 is 5.32 Å². The molecule has 0 atom stereocenters. The van der Waals surface area contributed by atoms with E-state index in [1.54, 1.807) is 12.1 Å². The highest BCUT2D eigenvalue weighted by Gasteiger charge is 2.22. The van der Waals surface area contributed by atoms with Crippen molar-refractivity contribution in [3.8, 4) is 0 Å². The fourth-order valence-corrected chi connectivity index (χ4v) is 3.43. The van der Waals surface area contributed by atoms with Crippen LogP contribution in [0.1, 0.15) is 76.6 Å². The molecule has 0 saturated heterocycles. The maximum Gasteiger partial charge on any atom is 0.251 e. The first-order valence-corrected chi connectivity index (χ1v) is 11.9. The Balaban J connectivity index is 0.000000367. The van der Waals surface area contributed by atoms with Crippen LogP contribution >= 0.6 is 0 Å². The number of ether oxygens (including phenoxy) is 2. The first-order valence-electron chi connectivity index (χ1n) is 11.9.